The van der Waals surface area contributed by atoms with Crippen LogP contribution in [0.5, 0.6) is 0 Å². The van der Waals surface area contributed by atoms with Crippen LogP contribution in [0.1, 0.15) is 20.8 Å². The first kappa shape index (κ1) is 26.5. The minimum Gasteiger partial charge on any atom is -0.451 e. The van der Waals surface area contributed by atoms with Gasteiger partial charge in [0.2, 0.25) is 0 Å². The molecule has 2 aromatic rings. The van der Waals surface area contributed by atoms with E-state index in [-0.39, 0.29) is 11.6 Å². The minimum absolute atomic E-state index is 0.130. The number of carbonyl (C=O) groups excluding carboxylic acids is 1. The van der Waals surface area contributed by atoms with Crippen molar-refractivity contribution in [2.45, 2.75) is 31.9 Å². The summed E-state index contributed by atoms with van der Waals surface area (Å²) in [5.41, 5.74) is -0.819. The maximum Gasteiger partial charge on any atom is 0.403 e. The molecule has 0 heterocycles. The summed E-state index contributed by atoms with van der Waals surface area (Å²) in [5.74, 6) is 0. The van der Waals surface area contributed by atoms with Crippen molar-refractivity contribution in [3.8, 4) is 0 Å². The highest BCUT2D eigenvalue weighted by Gasteiger charge is 2.46. The van der Waals surface area contributed by atoms with Gasteiger partial charge in [0.1, 0.15) is 14.7 Å². The smallest absolute Gasteiger partial charge is 0.403 e. The predicted octanol–water partition coefficient (Wildman–Crippen LogP) is 4.47. The average Bonchev–Trinajstić information content (AvgIpc) is 2.77. The van der Waals surface area contributed by atoms with E-state index in [4.69, 9.17) is 25.8 Å². The molecule has 7 heteroatoms. The standard InChI is InChI=1S/C25H35ClO5Si/c1-25(2,3)32(22-10-6-4-7-11-22,23-12-8-5-9-13-23)21-20-30-17-16-28-14-15-29-18-19-31-24(26)27/h4-13H,14-21H2,1-3H3. The van der Waals surface area contributed by atoms with Crippen LogP contribution in [0, 0.1) is 0 Å². The molecule has 0 bridgehead atoms. The fourth-order valence-corrected chi connectivity index (χ4v) is 9.53. The van der Waals surface area contributed by atoms with E-state index in [9.17, 15) is 4.79 Å². The molecule has 2 rings (SSSR count). The lowest BCUT2D eigenvalue weighted by molar-refractivity contribution is 0.00879. The zero-order chi connectivity index (χ0) is 23.3. The largest absolute Gasteiger partial charge is 0.451 e. The third kappa shape index (κ3) is 8.01. The number of hydrogen-bond donors (Lipinski definition) is 0. The molecule has 0 atom stereocenters. The Balaban J connectivity index is 1.84. The topological polar surface area (TPSA) is 54.0 Å². The van der Waals surface area contributed by atoms with Gasteiger partial charge < -0.3 is 18.9 Å². The van der Waals surface area contributed by atoms with Crippen LogP contribution in [-0.4, -0.2) is 59.8 Å². The molecule has 0 aromatic heterocycles. The molecular formula is C25H35ClO5Si. The number of rotatable bonds is 14. The Morgan fingerprint density at radius 2 is 1.12 bits per heavy atom. The van der Waals surface area contributed by atoms with Crippen LogP contribution in [0.4, 0.5) is 4.79 Å². The quantitative estimate of drug-likeness (QED) is 0.228. The number of hydrogen-bond acceptors (Lipinski definition) is 5. The zero-order valence-corrected chi connectivity index (χ0v) is 21.1. The normalized spacial score (nSPS) is 12.0. The molecule has 0 unspecified atom stereocenters. The van der Waals surface area contributed by atoms with Gasteiger partial charge in [0, 0.05) is 18.2 Å². The second-order valence-electron chi connectivity index (χ2n) is 8.56. The Hall–Kier alpha value is -1.70. The van der Waals surface area contributed by atoms with Gasteiger partial charge in [-0.25, -0.2) is 4.79 Å². The van der Waals surface area contributed by atoms with E-state index in [1.165, 1.54) is 10.4 Å². The lowest BCUT2D eigenvalue weighted by Crippen LogP contribution is -2.64. The first-order valence-corrected chi connectivity index (χ1v) is 13.6. The van der Waals surface area contributed by atoms with E-state index in [2.05, 4.69) is 86.2 Å². The monoisotopic (exact) mass is 478 g/mol. The van der Waals surface area contributed by atoms with Crippen molar-refractivity contribution < 1.29 is 23.7 Å². The Kier molecular flexibility index (Phi) is 11.4. The van der Waals surface area contributed by atoms with Crippen LogP contribution in [0.2, 0.25) is 11.1 Å². The number of benzene rings is 2. The van der Waals surface area contributed by atoms with Crippen molar-refractivity contribution in [2.24, 2.45) is 0 Å². The summed E-state index contributed by atoms with van der Waals surface area (Å²) in [6.07, 6.45) is 0. The second-order valence-corrected chi connectivity index (χ2v) is 13.8. The van der Waals surface area contributed by atoms with Gasteiger partial charge in [-0.15, -0.1) is 0 Å². The average molecular weight is 479 g/mol. The Bertz CT molecular complexity index is 740. The molecule has 0 spiro atoms. The molecule has 32 heavy (non-hydrogen) atoms. The van der Waals surface area contributed by atoms with Gasteiger partial charge in [-0.3, -0.25) is 0 Å². The van der Waals surface area contributed by atoms with Gasteiger partial charge >= 0.3 is 5.43 Å². The summed E-state index contributed by atoms with van der Waals surface area (Å²) in [4.78, 5) is 10.4. The van der Waals surface area contributed by atoms with Crippen LogP contribution in [-0.2, 0) is 18.9 Å². The Morgan fingerprint density at radius 3 is 1.53 bits per heavy atom. The molecule has 176 valence electrons. The maximum absolute atomic E-state index is 10.4. The van der Waals surface area contributed by atoms with Crippen molar-refractivity contribution >= 4 is 35.5 Å². The highest BCUT2D eigenvalue weighted by molar-refractivity contribution is 7.04. The van der Waals surface area contributed by atoms with Crippen molar-refractivity contribution in [1.29, 1.82) is 0 Å². The molecule has 2 aromatic carbocycles. The van der Waals surface area contributed by atoms with Gasteiger partial charge in [-0.05, 0) is 11.1 Å². The number of halogens is 1. The van der Waals surface area contributed by atoms with E-state index in [0.717, 1.165) is 6.04 Å². The van der Waals surface area contributed by atoms with E-state index in [0.29, 0.717) is 39.6 Å². The molecule has 0 saturated heterocycles. The summed E-state index contributed by atoms with van der Waals surface area (Å²) in [6, 6.07) is 22.9. The van der Waals surface area contributed by atoms with Gasteiger partial charge in [0.15, 0.2) is 0 Å². The van der Waals surface area contributed by atoms with E-state index < -0.39 is 13.5 Å². The third-order valence-corrected chi connectivity index (χ3v) is 11.9. The van der Waals surface area contributed by atoms with E-state index in [1.54, 1.807) is 0 Å². The SMILES string of the molecule is CC(C)(C)[Si](CCOCCOCCOCCOC(=O)Cl)(c1ccccc1)c1ccccc1. The van der Waals surface area contributed by atoms with Crippen molar-refractivity contribution in [2.75, 3.05) is 46.2 Å². The summed E-state index contributed by atoms with van der Waals surface area (Å²) in [7, 11) is -2.08. The van der Waals surface area contributed by atoms with E-state index in [1.807, 2.05) is 0 Å². The zero-order valence-electron chi connectivity index (χ0n) is 19.3. The van der Waals surface area contributed by atoms with Crippen LogP contribution < -0.4 is 10.4 Å². The predicted molar refractivity (Wildman–Crippen MR) is 132 cm³/mol. The summed E-state index contributed by atoms with van der Waals surface area (Å²) >= 11 is 5.07. The number of ether oxygens (including phenoxy) is 4. The first-order chi connectivity index (χ1) is 15.4. The lowest BCUT2D eigenvalue weighted by Gasteiger charge is -2.44. The molecule has 0 N–H and O–H groups in total. The van der Waals surface area contributed by atoms with Gasteiger partial charge in [0.05, 0.1) is 33.0 Å². The van der Waals surface area contributed by atoms with Gasteiger partial charge in [-0.2, -0.15) is 0 Å². The highest BCUT2D eigenvalue weighted by Crippen LogP contribution is 2.38. The molecule has 0 aliphatic rings. The number of carbonyl (C=O) groups is 1. The van der Waals surface area contributed by atoms with Crippen LogP contribution >= 0.6 is 11.6 Å². The maximum atomic E-state index is 10.4. The molecule has 0 aliphatic carbocycles. The van der Waals surface area contributed by atoms with Gasteiger partial charge in [-0.1, -0.05) is 91.8 Å². The third-order valence-electron chi connectivity index (χ3n) is 5.62. The Morgan fingerprint density at radius 1 is 0.719 bits per heavy atom. The summed E-state index contributed by atoms with van der Waals surface area (Å²) in [5, 5.41) is 3.01. The van der Waals surface area contributed by atoms with Crippen LogP contribution in [0.25, 0.3) is 0 Å². The molecule has 0 radical (unpaired) electrons. The van der Waals surface area contributed by atoms with Crippen molar-refractivity contribution in [1.82, 2.24) is 0 Å². The summed E-state index contributed by atoms with van der Waals surface area (Å²) < 4.78 is 21.4. The van der Waals surface area contributed by atoms with Crippen molar-refractivity contribution in [3.63, 3.8) is 0 Å². The van der Waals surface area contributed by atoms with Gasteiger partial charge in [0.25, 0.3) is 0 Å². The first-order valence-electron chi connectivity index (χ1n) is 11.0. The van der Waals surface area contributed by atoms with Crippen LogP contribution in [0.15, 0.2) is 60.7 Å². The Labute approximate surface area is 198 Å². The van der Waals surface area contributed by atoms with E-state index >= 15 is 0 Å². The molecule has 0 aliphatic heterocycles. The fraction of sp³-hybridized carbons (Fsp3) is 0.480. The van der Waals surface area contributed by atoms with Crippen LogP contribution in [0.3, 0.4) is 0 Å². The minimum atomic E-state index is -2.08. The van der Waals surface area contributed by atoms with Crippen molar-refractivity contribution in [3.05, 3.63) is 60.7 Å². The lowest BCUT2D eigenvalue weighted by atomic mass is 10.2. The molecule has 5 nitrogen and oxygen atoms in total. The summed E-state index contributed by atoms with van der Waals surface area (Å²) in [6.45, 7) is 10.2. The second kappa shape index (κ2) is 13.8. The molecule has 0 amide bonds. The molecule has 0 fully saturated rings. The highest BCUT2D eigenvalue weighted by atomic mass is 35.5. The fourth-order valence-electron chi connectivity index (χ4n) is 4.09. The molecule has 0 saturated carbocycles. The molecular weight excluding hydrogens is 444 g/mol.